The van der Waals surface area contributed by atoms with Crippen LogP contribution in [-0.2, 0) is 0 Å². The molecule has 5 heteroatoms. The number of aromatic nitrogens is 2. The predicted molar refractivity (Wildman–Crippen MR) is 54.2 cm³/mol. The van der Waals surface area contributed by atoms with E-state index in [1.807, 2.05) is 0 Å². The molecule has 0 atom stereocenters. The molecule has 4 N–H and O–H groups in total. The molecule has 1 aliphatic rings. The molecule has 1 heterocycles. The standard InChI is InChI=1S/C9H14N4O/c1-6-11-7(4-8(14)12-6)13-9(5-10)2-3-9/h4H,2-3,5,10H2,1H3,(H2,11,12,13,14). The van der Waals surface area contributed by atoms with E-state index in [4.69, 9.17) is 5.73 Å². The van der Waals surface area contributed by atoms with Gasteiger partial charge in [-0.25, -0.2) is 4.98 Å². The van der Waals surface area contributed by atoms with Crippen LogP contribution in [0.2, 0.25) is 0 Å². The van der Waals surface area contributed by atoms with Crippen LogP contribution in [0.5, 0.6) is 0 Å². The van der Waals surface area contributed by atoms with Gasteiger partial charge in [-0.2, -0.15) is 0 Å². The largest absolute Gasteiger partial charge is 0.363 e. The lowest BCUT2D eigenvalue weighted by atomic mass is 10.3. The average molecular weight is 194 g/mol. The molecular weight excluding hydrogens is 180 g/mol. The summed E-state index contributed by atoms with van der Waals surface area (Å²) in [4.78, 5) is 17.9. The van der Waals surface area contributed by atoms with Crippen LogP contribution in [0, 0.1) is 6.92 Å². The number of nitrogens with two attached hydrogens (primary N) is 1. The Hall–Kier alpha value is -1.36. The summed E-state index contributed by atoms with van der Waals surface area (Å²) in [5.41, 5.74) is 5.48. The fraction of sp³-hybridized carbons (Fsp3) is 0.556. The number of rotatable bonds is 3. The Kier molecular flexibility index (Phi) is 2.03. The minimum absolute atomic E-state index is 0.00671. The molecule has 2 rings (SSSR count). The van der Waals surface area contributed by atoms with Crippen molar-refractivity contribution in [2.45, 2.75) is 25.3 Å². The van der Waals surface area contributed by atoms with Crippen molar-refractivity contribution in [3.63, 3.8) is 0 Å². The lowest BCUT2D eigenvalue weighted by molar-refractivity contribution is 0.734. The molecule has 1 aromatic heterocycles. The highest BCUT2D eigenvalue weighted by Crippen LogP contribution is 2.36. The summed E-state index contributed by atoms with van der Waals surface area (Å²) in [5, 5.41) is 3.20. The number of anilines is 1. The average Bonchev–Trinajstić information content (AvgIpc) is 2.83. The summed E-state index contributed by atoms with van der Waals surface area (Å²) in [6.45, 7) is 2.34. The van der Waals surface area contributed by atoms with Crippen LogP contribution in [0.4, 0.5) is 5.82 Å². The zero-order chi connectivity index (χ0) is 10.2. The quantitative estimate of drug-likeness (QED) is 0.631. The lowest BCUT2D eigenvalue weighted by Gasteiger charge is -2.15. The molecule has 0 bridgehead atoms. The van der Waals surface area contributed by atoms with Gasteiger partial charge in [0.05, 0.1) is 5.54 Å². The summed E-state index contributed by atoms with van der Waals surface area (Å²) in [7, 11) is 0. The van der Waals surface area contributed by atoms with Crippen LogP contribution in [0.25, 0.3) is 0 Å². The minimum atomic E-state index is -0.132. The first-order chi connectivity index (χ1) is 6.63. The highest BCUT2D eigenvalue weighted by atomic mass is 16.1. The molecule has 1 saturated carbocycles. The van der Waals surface area contributed by atoms with Crippen molar-refractivity contribution in [2.75, 3.05) is 11.9 Å². The first-order valence-electron chi connectivity index (χ1n) is 4.70. The smallest absolute Gasteiger partial charge is 0.252 e. The Bertz CT molecular complexity index is 394. The SMILES string of the molecule is Cc1nc(NC2(CN)CC2)cc(=O)[nH]1. The highest BCUT2D eigenvalue weighted by Gasteiger charge is 2.41. The van der Waals surface area contributed by atoms with Crippen LogP contribution < -0.4 is 16.6 Å². The van der Waals surface area contributed by atoms with Crippen LogP contribution >= 0.6 is 0 Å². The van der Waals surface area contributed by atoms with Crippen molar-refractivity contribution in [3.8, 4) is 0 Å². The molecule has 0 spiro atoms. The minimum Gasteiger partial charge on any atom is -0.363 e. The Morgan fingerprint density at radius 1 is 1.71 bits per heavy atom. The van der Waals surface area contributed by atoms with Crippen LogP contribution in [0.15, 0.2) is 10.9 Å². The monoisotopic (exact) mass is 194 g/mol. The van der Waals surface area contributed by atoms with E-state index in [0.29, 0.717) is 18.2 Å². The van der Waals surface area contributed by atoms with Gasteiger partial charge in [0.15, 0.2) is 0 Å². The van der Waals surface area contributed by atoms with Crippen molar-refractivity contribution in [3.05, 3.63) is 22.2 Å². The third kappa shape index (κ3) is 1.77. The van der Waals surface area contributed by atoms with Gasteiger partial charge < -0.3 is 16.0 Å². The van der Waals surface area contributed by atoms with E-state index in [2.05, 4.69) is 15.3 Å². The maximum absolute atomic E-state index is 11.1. The van der Waals surface area contributed by atoms with Crippen LogP contribution in [0.3, 0.4) is 0 Å². The molecule has 0 radical (unpaired) electrons. The van der Waals surface area contributed by atoms with Gasteiger partial charge in [0.2, 0.25) is 0 Å². The zero-order valence-electron chi connectivity index (χ0n) is 8.13. The zero-order valence-corrected chi connectivity index (χ0v) is 8.13. The van der Waals surface area contributed by atoms with Crippen molar-refractivity contribution in [1.82, 2.24) is 9.97 Å². The Morgan fingerprint density at radius 3 is 2.93 bits per heavy atom. The first kappa shape index (κ1) is 9.21. The Morgan fingerprint density at radius 2 is 2.43 bits per heavy atom. The molecular formula is C9H14N4O. The molecule has 0 amide bonds. The van der Waals surface area contributed by atoms with E-state index < -0.39 is 0 Å². The normalized spacial score (nSPS) is 17.9. The number of nitrogens with one attached hydrogen (secondary N) is 2. The molecule has 1 aromatic rings. The second kappa shape index (κ2) is 3.09. The molecule has 14 heavy (non-hydrogen) atoms. The first-order valence-corrected chi connectivity index (χ1v) is 4.70. The fourth-order valence-corrected chi connectivity index (χ4v) is 1.45. The molecule has 76 valence electrons. The van der Waals surface area contributed by atoms with E-state index in [9.17, 15) is 4.79 Å². The second-order valence-electron chi connectivity index (χ2n) is 3.83. The molecule has 0 aromatic carbocycles. The lowest BCUT2D eigenvalue weighted by Crippen LogP contribution is -2.32. The second-order valence-corrected chi connectivity index (χ2v) is 3.83. The summed E-state index contributed by atoms with van der Waals surface area (Å²) in [6, 6.07) is 1.46. The topological polar surface area (TPSA) is 83.8 Å². The van der Waals surface area contributed by atoms with Gasteiger partial charge >= 0.3 is 0 Å². The van der Waals surface area contributed by atoms with E-state index >= 15 is 0 Å². The molecule has 5 nitrogen and oxygen atoms in total. The van der Waals surface area contributed by atoms with E-state index in [1.165, 1.54) is 6.07 Å². The maximum atomic E-state index is 11.1. The van der Waals surface area contributed by atoms with Gasteiger partial charge in [-0.3, -0.25) is 4.79 Å². The predicted octanol–water partition coefficient (Wildman–Crippen LogP) is -0.0185. The molecule has 1 aliphatic carbocycles. The van der Waals surface area contributed by atoms with Gasteiger partial charge in [0.1, 0.15) is 11.6 Å². The summed E-state index contributed by atoms with van der Waals surface area (Å²) in [6.07, 6.45) is 2.11. The van der Waals surface area contributed by atoms with Gasteiger partial charge in [0, 0.05) is 12.6 Å². The van der Waals surface area contributed by atoms with Gasteiger partial charge in [-0.1, -0.05) is 0 Å². The Labute approximate surface area is 81.7 Å². The fourth-order valence-electron chi connectivity index (χ4n) is 1.45. The number of nitrogens with zero attached hydrogens (tertiary/aromatic N) is 1. The third-order valence-electron chi connectivity index (χ3n) is 2.50. The number of aryl methyl sites for hydroxylation is 1. The van der Waals surface area contributed by atoms with E-state index in [-0.39, 0.29) is 11.1 Å². The van der Waals surface area contributed by atoms with Crippen LogP contribution in [0.1, 0.15) is 18.7 Å². The van der Waals surface area contributed by atoms with Gasteiger partial charge in [0.25, 0.3) is 5.56 Å². The Balaban J connectivity index is 2.21. The van der Waals surface area contributed by atoms with Crippen molar-refractivity contribution < 1.29 is 0 Å². The van der Waals surface area contributed by atoms with Crippen molar-refractivity contribution >= 4 is 5.82 Å². The molecule has 0 aliphatic heterocycles. The maximum Gasteiger partial charge on any atom is 0.252 e. The number of hydrogen-bond acceptors (Lipinski definition) is 4. The summed E-state index contributed by atoms with van der Waals surface area (Å²) >= 11 is 0. The van der Waals surface area contributed by atoms with Crippen molar-refractivity contribution in [1.29, 1.82) is 0 Å². The summed E-state index contributed by atoms with van der Waals surface area (Å²) in [5.74, 6) is 1.24. The van der Waals surface area contributed by atoms with Gasteiger partial charge in [-0.05, 0) is 19.8 Å². The highest BCUT2D eigenvalue weighted by molar-refractivity contribution is 5.39. The number of hydrogen-bond donors (Lipinski definition) is 3. The summed E-state index contributed by atoms with van der Waals surface area (Å²) < 4.78 is 0. The third-order valence-corrected chi connectivity index (χ3v) is 2.50. The number of H-pyrrole nitrogens is 1. The van der Waals surface area contributed by atoms with Crippen LogP contribution in [-0.4, -0.2) is 22.1 Å². The van der Waals surface area contributed by atoms with E-state index in [0.717, 1.165) is 12.8 Å². The van der Waals surface area contributed by atoms with E-state index in [1.54, 1.807) is 6.92 Å². The molecule has 0 unspecified atom stereocenters. The van der Waals surface area contributed by atoms with Crippen molar-refractivity contribution in [2.24, 2.45) is 5.73 Å². The number of aromatic amines is 1. The molecule has 1 fully saturated rings. The van der Waals surface area contributed by atoms with Gasteiger partial charge in [-0.15, -0.1) is 0 Å². The molecule has 0 saturated heterocycles.